The van der Waals surface area contributed by atoms with Gasteiger partial charge in [-0.3, -0.25) is 0 Å². The second-order valence-electron chi connectivity index (χ2n) is 3.09. The van der Waals surface area contributed by atoms with Crippen molar-refractivity contribution in [2.75, 3.05) is 0 Å². The first-order valence-corrected chi connectivity index (χ1v) is 5.64. The zero-order valence-electron chi connectivity index (χ0n) is 7.84. The molecule has 4 heteroatoms. The highest BCUT2D eigenvalue weighted by Crippen LogP contribution is 2.33. The van der Waals surface area contributed by atoms with Crippen LogP contribution in [0.4, 0.5) is 4.39 Å². The average Bonchev–Trinajstić information content (AvgIpc) is 2.70. The fourth-order valence-corrected chi connectivity index (χ4v) is 2.51. The maximum Gasteiger partial charge on any atom is 0.123 e. The monoisotopic (exact) mass is 241 g/mol. The van der Waals surface area contributed by atoms with E-state index in [2.05, 4.69) is 0 Å². The molecule has 2 rings (SSSR count). The van der Waals surface area contributed by atoms with Gasteiger partial charge < -0.3 is 5.73 Å². The zero-order chi connectivity index (χ0) is 10.8. The molecule has 0 saturated heterocycles. The van der Waals surface area contributed by atoms with E-state index >= 15 is 0 Å². The van der Waals surface area contributed by atoms with Crippen LogP contribution in [-0.2, 0) is 6.54 Å². The van der Waals surface area contributed by atoms with Gasteiger partial charge in [0.2, 0.25) is 0 Å². The first-order valence-electron chi connectivity index (χ1n) is 4.45. The Hall–Kier alpha value is -0.900. The molecule has 2 N–H and O–H groups in total. The Morgan fingerprint density at radius 2 is 2.07 bits per heavy atom. The van der Waals surface area contributed by atoms with E-state index in [-0.39, 0.29) is 5.82 Å². The number of thiophene rings is 1. The molecule has 1 heterocycles. The van der Waals surface area contributed by atoms with E-state index in [0.29, 0.717) is 11.6 Å². The molecule has 1 aromatic carbocycles. The van der Waals surface area contributed by atoms with Gasteiger partial charge in [-0.15, -0.1) is 11.3 Å². The summed E-state index contributed by atoms with van der Waals surface area (Å²) in [5, 5.41) is 0.557. The van der Waals surface area contributed by atoms with Crippen LogP contribution in [0, 0.1) is 5.82 Å². The fourth-order valence-electron chi connectivity index (χ4n) is 1.32. The third-order valence-electron chi connectivity index (χ3n) is 2.06. The number of hydrogen-bond donors (Lipinski definition) is 1. The molecule has 0 bridgehead atoms. The summed E-state index contributed by atoms with van der Waals surface area (Å²) in [4.78, 5) is 2.00. The van der Waals surface area contributed by atoms with Crippen LogP contribution in [0.1, 0.15) is 4.88 Å². The van der Waals surface area contributed by atoms with Crippen LogP contribution >= 0.6 is 22.9 Å². The standard InChI is InChI=1S/C11H9ClFNS/c12-10-3-1-7(13)5-9(10)11-4-2-8(6-14)15-11/h1-5H,6,14H2. The molecule has 0 aliphatic carbocycles. The molecule has 0 unspecified atom stereocenters. The van der Waals surface area contributed by atoms with Crippen molar-refractivity contribution in [1.29, 1.82) is 0 Å². The van der Waals surface area contributed by atoms with Crippen LogP contribution in [0.25, 0.3) is 10.4 Å². The highest BCUT2D eigenvalue weighted by molar-refractivity contribution is 7.15. The number of rotatable bonds is 2. The minimum absolute atomic E-state index is 0.280. The van der Waals surface area contributed by atoms with Gasteiger partial charge in [0.05, 0.1) is 0 Å². The van der Waals surface area contributed by atoms with E-state index < -0.39 is 0 Å². The Bertz CT molecular complexity index is 481. The van der Waals surface area contributed by atoms with Gasteiger partial charge >= 0.3 is 0 Å². The Kier molecular flexibility index (Phi) is 3.05. The summed E-state index contributed by atoms with van der Waals surface area (Å²) < 4.78 is 13.0. The second kappa shape index (κ2) is 4.31. The van der Waals surface area contributed by atoms with E-state index in [1.807, 2.05) is 12.1 Å². The molecule has 0 aliphatic rings. The quantitative estimate of drug-likeness (QED) is 0.853. The Morgan fingerprint density at radius 1 is 1.27 bits per heavy atom. The summed E-state index contributed by atoms with van der Waals surface area (Å²) >= 11 is 7.52. The van der Waals surface area contributed by atoms with E-state index in [1.165, 1.54) is 23.5 Å². The third kappa shape index (κ3) is 2.20. The first kappa shape index (κ1) is 10.6. The van der Waals surface area contributed by atoms with Crippen molar-refractivity contribution in [2.45, 2.75) is 6.54 Å². The Balaban J connectivity index is 2.48. The second-order valence-corrected chi connectivity index (χ2v) is 4.67. The van der Waals surface area contributed by atoms with Crippen molar-refractivity contribution in [3.05, 3.63) is 46.0 Å². The highest BCUT2D eigenvalue weighted by atomic mass is 35.5. The van der Waals surface area contributed by atoms with Gasteiger partial charge in [-0.25, -0.2) is 4.39 Å². The van der Waals surface area contributed by atoms with Gasteiger partial charge in [0.25, 0.3) is 0 Å². The van der Waals surface area contributed by atoms with Gasteiger partial charge in [0.15, 0.2) is 0 Å². The van der Waals surface area contributed by atoms with Crippen LogP contribution in [0.5, 0.6) is 0 Å². The van der Waals surface area contributed by atoms with Gasteiger partial charge in [-0.1, -0.05) is 11.6 Å². The van der Waals surface area contributed by atoms with E-state index in [1.54, 1.807) is 6.07 Å². The van der Waals surface area contributed by atoms with Crippen molar-refractivity contribution in [3.63, 3.8) is 0 Å². The molecular formula is C11H9ClFNS. The molecule has 2 aromatic rings. The molecule has 0 fully saturated rings. The zero-order valence-corrected chi connectivity index (χ0v) is 9.41. The summed E-state index contributed by atoms with van der Waals surface area (Å²) in [6.07, 6.45) is 0. The molecular weight excluding hydrogens is 233 g/mol. The lowest BCUT2D eigenvalue weighted by molar-refractivity contribution is 0.628. The molecule has 15 heavy (non-hydrogen) atoms. The molecule has 0 radical (unpaired) electrons. The normalized spacial score (nSPS) is 10.6. The SMILES string of the molecule is NCc1ccc(-c2cc(F)ccc2Cl)s1. The lowest BCUT2D eigenvalue weighted by Gasteiger charge is -2.00. The van der Waals surface area contributed by atoms with Crippen LogP contribution in [-0.4, -0.2) is 0 Å². The van der Waals surface area contributed by atoms with Gasteiger partial charge in [-0.2, -0.15) is 0 Å². The number of benzene rings is 1. The maximum absolute atomic E-state index is 13.0. The van der Waals surface area contributed by atoms with Crippen molar-refractivity contribution in [2.24, 2.45) is 5.73 Å². The van der Waals surface area contributed by atoms with Gasteiger partial charge in [0, 0.05) is 26.9 Å². The Labute approximate surface area is 96.3 Å². The maximum atomic E-state index is 13.0. The largest absolute Gasteiger partial charge is 0.326 e. The van der Waals surface area contributed by atoms with Gasteiger partial charge in [0.1, 0.15) is 5.82 Å². The topological polar surface area (TPSA) is 26.0 Å². The predicted molar refractivity (Wildman–Crippen MR) is 62.6 cm³/mol. The fraction of sp³-hybridized carbons (Fsp3) is 0.0909. The summed E-state index contributed by atoms with van der Waals surface area (Å²) in [5.74, 6) is -0.280. The molecule has 0 atom stereocenters. The van der Waals surface area contributed by atoms with Crippen LogP contribution in [0.15, 0.2) is 30.3 Å². The third-order valence-corrected chi connectivity index (χ3v) is 3.53. The van der Waals surface area contributed by atoms with E-state index in [0.717, 1.165) is 15.3 Å². The first-order chi connectivity index (χ1) is 7.20. The number of hydrogen-bond acceptors (Lipinski definition) is 2. The minimum Gasteiger partial charge on any atom is -0.326 e. The lowest BCUT2D eigenvalue weighted by Crippen LogP contribution is -1.91. The van der Waals surface area contributed by atoms with Crippen LogP contribution < -0.4 is 5.73 Å². The van der Waals surface area contributed by atoms with Crippen LogP contribution in [0.3, 0.4) is 0 Å². The predicted octanol–water partition coefficient (Wildman–Crippen LogP) is 3.67. The molecule has 1 aromatic heterocycles. The van der Waals surface area contributed by atoms with E-state index in [9.17, 15) is 4.39 Å². The molecule has 0 amide bonds. The Morgan fingerprint density at radius 3 is 2.73 bits per heavy atom. The molecule has 1 nitrogen and oxygen atoms in total. The van der Waals surface area contributed by atoms with Crippen molar-refractivity contribution >= 4 is 22.9 Å². The lowest BCUT2D eigenvalue weighted by atomic mass is 10.2. The van der Waals surface area contributed by atoms with Crippen molar-refractivity contribution in [1.82, 2.24) is 0 Å². The summed E-state index contributed by atoms with van der Waals surface area (Å²) in [5.41, 5.74) is 6.24. The van der Waals surface area contributed by atoms with Crippen molar-refractivity contribution < 1.29 is 4.39 Å². The average molecular weight is 242 g/mol. The van der Waals surface area contributed by atoms with E-state index in [4.69, 9.17) is 17.3 Å². The minimum atomic E-state index is -0.280. The number of nitrogens with two attached hydrogens (primary N) is 1. The molecule has 0 aliphatic heterocycles. The number of halogens is 2. The molecule has 0 saturated carbocycles. The summed E-state index contributed by atoms with van der Waals surface area (Å²) in [6, 6.07) is 8.19. The summed E-state index contributed by atoms with van der Waals surface area (Å²) in [6.45, 7) is 0.498. The van der Waals surface area contributed by atoms with Crippen molar-refractivity contribution in [3.8, 4) is 10.4 Å². The van der Waals surface area contributed by atoms with Gasteiger partial charge in [-0.05, 0) is 30.3 Å². The smallest absolute Gasteiger partial charge is 0.123 e. The van der Waals surface area contributed by atoms with Crippen LogP contribution in [0.2, 0.25) is 5.02 Å². The summed E-state index contributed by atoms with van der Waals surface area (Å²) in [7, 11) is 0. The molecule has 0 spiro atoms. The highest BCUT2D eigenvalue weighted by Gasteiger charge is 2.07. The molecule has 78 valence electrons.